The van der Waals surface area contributed by atoms with E-state index in [4.69, 9.17) is 4.52 Å². The van der Waals surface area contributed by atoms with Crippen LogP contribution in [0.3, 0.4) is 0 Å². The number of hydrogen-bond acceptors (Lipinski definition) is 5. The van der Waals surface area contributed by atoms with E-state index in [2.05, 4.69) is 10.1 Å². The van der Waals surface area contributed by atoms with Gasteiger partial charge in [-0.15, -0.1) is 0 Å². The third kappa shape index (κ3) is 2.87. The van der Waals surface area contributed by atoms with Gasteiger partial charge in [-0.1, -0.05) is 5.16 Å². The highest BCUT2D eigenvalue weighted by molar-refractivity contribution is 5.95. The van der Waals surface area contributed by atoms with E-state index in [1.807, 2.05) is 23.6 Å². The van der Waals surface area contributed by atoms with Crippen LogP contribution < -0.4 is 0 Å². The molecule has 3 saturated heterocycles. The second-order valence-corrected chi connectivity index (χ2v) is 7.14. The highest BCUT2D eigenvalue weighted by atomic mass is 16.5. The van der Waals surface area contributed by atoms with E-state index in [-0.39, 0.29) is 23.8 Å². The number of carbonyl (C=O) groups is 2. The van der Waals surface area contributed by atoms with Crippen LogP contribution in [-0.2, 0) is 11.3 Å². The molecule has 2 aromatic heterocycles. The number of aromatic nitrogens is 2. The maximum atomic E-state index is 13.0. The molecule has 7 heteroatoms. The molecular formula is C19H22N4O3. The minimum atomic E-state index is -0.139. The van der Waals surface area contributed by atoms with Crippen LogP contribution in [-0.4, -0.2) is 50.9 Å². The fourth-order valence-electron chi connectivity index (χ4n) is 3.99. The molecule has 0 unspecified atom stereocenters. The standard InChI is InChI=1S/C19H22N4O3/c1-12-17(13(2)26-21-12)11-23-16-4-3-15(19(23)25)9-22(10-16)18(24)14-5-7-20-8-6-14/h5-8,15-16H,3-4,9-11H2,1-2H3/t15-,16+/m0/s1. The van der Waals surface area contributed by atoms with Crippen molar-refractivity contribution < 1.29 is 14.1 Å². The number of rotatable bonds is 3. The van der Waals surface area contributed by atoms with E-state index in [1.165, 1.54) is 0 Å². The number of fused-ring (bicyclic) bond motifs is 4. The van der Waals surface area contributed by atoms with Gasteiger partial charge in [0.15, 0.2) is 0 Å². The zero-order chi connectivity index (χ0) is 18.3. The van der Waals surface area contributed by atoms with Gasteiger partial charge in [0.05, 0.1) is 18.2 Å². The molecule has 3 fully saturated rings. The van der Waals surface area contributed by atoms with E-state index >= 15 is 0 Å². The van der Waals surface area contributed by atoms with E-state index < -0.39 is 0 Å². The molecule has 0 aliphatic carbocycles. The molecule has 7 nitrogen and oxygen atoms in total. The summed E-state index contributed by atoms with van der Waals surface area (Å²) >= 11 is 0. The smallest absolute Gasteiger partial charge is 0.254 e. The van der Waals surface area contributed by atoms with E-state index in [9.17, 15) is 9.59 Å². The van der Waals surface area contributed by atoms with Gasteiger partial charge in [0.2, 0.25) is 5.91 Å². The Morgan fingerprint density at radius 3 is 2.69 bits per heavy atom. The predicted octanol–water partition coefficient (Wildman–Crippen LogP) is 1.95. The summed E-state index contributed by atoms with van der Waals surface area (Å²) < 4.78 is 5.24. The van der Waals surface area contributed by atoms with Crippen LogP contribution in [0.25, 0.3) is 0 Å². The van der Waals surface area contributed by atoms with Crippen molar-refractivity contribution in [1.29, 1.82) is 0 Å². The molecule has 0 radical (unpaired) electrons. The Balaban J connectivity index is 1.58. The molecule has 2 bridgehead atoms. The molecule has 3 aliphatic rings. The van der Waals surface area contributed by atoms with Gasteiger partial charge < -0.3 is 14.3 Å². The van der Waals surface area contributed by atoms with Crippen molar-refractivity contribution in [1.82, 2.24) is 19.9 Å². The lowest BCUT2D eigenvalue weighted by Gasteiger charge is -2.35. The SMILES string of the molecule is Cc1noc(C)c1CN1C(=O)[C@H]2CC[C@@H]1CN(C(=O)c1ccncc1)C2. The van der Waals surface area contributed by atoms with Crippen LogP contribution in [0.2, 0.25) is 0 Å². The van der Waals surface area contributed by atoms with E-state index in [0.29, 0.717) is 25.2 Å². The number of amides is 2. The summed E-state index contributed by atoms with van der Waals surface area (Å²) in [7, 11) is 0. The second kappa shape index (κ2) is 6.55. The fraction of sp³-hybridized carbons (Fsp3) is 0.474. The van der Waals surface area contributed by atoms with Gasteiger partial charge in [0, 0.05) is 42.7 Å². The highest BCUT2D eigenvalue weighted by Crippen LogP contribution is 2.32. The number of aryl methyl sites for hydroxylation is 2. The summed E-state index contributed by atoms with van der Waals surface area (Å²) in [6.45, 7) is 5.31. The Bertz CT molecular complexity index is 813. The third-order valence-corrected chi connectivity index (χ3v) is 5.52. The van der Waals surface area contributed by atoms with Crippen LogP contribution in [0.4, 0.5) is 0 Å². The zero-order valence-electron chi connectivity index (χ0n) is 15.0. The lowest BCUT2D eigenvalue weighted by Crippen LogP contribution is -2.47. The summed E-state index contributed by atoms with van der Waals surface area (Å²) in [5.74, 6) is 0.711. The minimum Gasteiger partial charge on any atom is -0.361 e. The Kier molecular flexibility index (Phi) is 4.22. The van der Waals surface area contributed by atoms with E-state index in [1.54, 1.807) is 24.5 Å². The number of nitrogens with zero attached hydrogens (tertiary/aromatic N) is 4. The average molecular weight is 354 g/mol. The first kappa shape index (κ1) is 16.8. The molecule has 2 amide bonds. The van der Waals surface area contributed by atoms with Gasteiger partial charge in [-0.3, -0.25) is 14.6 Å². The number of hydrogen-bond donors (Lipinski definition) is 0. The molecule has 26 heavy (non-hydrogen) atoms. The molecule has 2 aromatic rings. The zero-order valence-corrected chi connectivity index (χ0v) is 15.0. The van der Waals surface area contributed by atoms with Crippen molar-refractivity contribution in [2.75, 3.05) is 13.1 Å². The average Bonchev–Trinajstić information content (AvgIpc) is 2.82. The highest BCUT2D eigenvalue weighted by Gasteiger charge is 2.42. The van der Waals surface area contributed by atoms with Crippen molar-refractivity contribution >= 4 is 11.8 Å². The van der Waals surface area contributed by atoms with Crippen molar-refractivity contribution in [3.05, 3.63) is 47.1 Å². The third-order valence-electron chi connectivity index (χ3n) is 5.52. The van der Waals surface area contributed by atoms with Crippen molar-refractivity contribution in [3.63, 3.8) is 0 Å². The number of piperidine rings is 1. The lowest BCUT2D eigenvalue weighted by molar-refractivity contribution is -0.140. The fourth-order valence-corrected chi connectivity index (χ4v) is 3.99. The molecule has 0 aromatic carbocycles. The van der Waals surface area contributed by atoms with Crippen LogP contribution in [0.5, 0.6) is 0 Å². The molecule has 136 valence electrons. The van der Waals surface area contributed by atoms with Gasteiger partial charge in [-0.05, 0) is 38.8 Å². The normalized spacial score (nSPS) is 22.6. The monoisotopic (exact) mass is 354 g/mol. The van der Waals surface area contributed by atoms with E-state index in [0.717, 1.165) is 29.9 Å². The topological polar surface area (TPSA) is 79.5 Å². The predicted molar refractivity (Wildman–Crippen MR) is 93.2 cm³/mol. The molecule has 0 spiro atoms. The van der Waals surface area contributed by atoms with Crippen molar-refractivity contribution in [3.8, 4) is 0 Å². The Hall–Kier alpha value is -2.70. The van der Waals surface area contributed by atoms with Crippen molar-refractivity contribution in [2.24, 2.45) is 5.92 Å². The quantitative estimate of drug-likeness (QED) is 0.842. The Morgan fingerprint density at radius 1 is 1.23 bits per heavy atom. The van der Waals surface area contributed by atoms with Crippen LogP contribution >= 0.6 is 0 Å². The first-order valence-corrected chi connectivity index (χ1v) is 8.96. The molecule has 5 rings (SSSR count). The Labute approximate surface area is 152 Å². The molecule has 5 heterocycles. The van der Waals surface area contributed by atoms with Crippen LogP contribution in [0.1, 0.15) is 40.2 Å². The number of pyridine rings is 1. The summed E-state index contributed by atoms with van der Waals surface area (Å²) in [4.78, 5) is 33.5. The second-order valence-electron chi connectivity index (χ2n) is 7.14. The summed E-state index contributed by atoms with van der Waals surface area (Å²) in [5, 5.41) is 3.99. The van der Waals surface area contributed by atoms with Gasteiger partial charge in [0.1, 0.15) is 5.76 Å². The summed E-state index contributed by atoms with van der Waals surface area (Å²) in [6.07, 6.45) is 4.99. The van der Waals surface area contributed by atoms with Crippen molar-refractivity contribution in [2.45, 2.75) is 39.3 Å². The molecule has 0 N–H and O–H groups in total. The Morgan fingerprint density at radius 2 is 2.00 bits per heavy atom. The summed E-state index contributed by atoms with van der Waals surface area (Å²) in [6, 6.07) is 3.47. The summed E-state index contributed by atoms with van der Waals surface area (Å²) in [5.41, 5.74) is 2.41. The molecular weight excluding hydrogens is 332 g/mol. The van der Waals surface area contributed by atoms with Crippen LogP contribution in [0, 0.1) is 19.8 Å². The maximum absolute atomic E-state index is 13.0. The maximum Gasteiger partial charge on any atom is 0.254 e. The number of carbonyl (C=O) groups excluding carboxylic acids is 2. The van der Waals surface area contributed by atoms with Gasteiger partial charge in [0.25, 0.3) is 5.91 Å². The lowest BCUT2D eigenvalue weighted by atomic mass is 9.93. The minimum absolute atomic E-state index is 0.0285. The molecule has 0 saturated carbocycles. The van der Waals surface area contributed by atoms with Gasteiger partial charge in [-0.2, -0.15) is 0 Å². The largest absolute Gasteiger partial charge is 0.361 e. The van der Waals surface area contributed by atoms with Gasteiger partial charge >= 0.3 is 0 Å². The molecule has 2 atom stereocenters. The first-order valence-electron chi connectivity index (χ1n) is 8.96. The van der Waals surface area contributed by atoms with Gasteiger partial charge in [-0.25, -0.2) is 0 Å². The van der Waals surface area contributed by atoms with Crippen LogP contribution in [0.15, 0.2) is 29.0 Å². The first-order chi connectivity index (χ1) is 12.5. The molecule has 3 aliphatic heterocycles.